The molecular weight excluding hydrogens is 374 g/mol. The first-order valence-electron chi connectivity index (χ1n) is 8.80. The third-order valence-corrected chi connectivity index (χ3v) is 5.43. The number of benzene rings is 1. The number of aryl methyl sites for hydroxylation is 1. The lowest BCUT2D eigenvalue weighted by Crippen LogP contribution is -2.13. The Morgan fingerprint density at radius 3 is 2.82 bits per heavy atom. The van der Waals surface area contributed by atoms with E-state index in [1.54, 1.807) is 23.5 Å². The summed E-state index contributed by atoms with van der Waals surface area (Å²) in [6.07, 6.45) is 1.51. The minimum atomic E-state index is -0.0432. The van der Waals surface area contributed by atoms with Crippen molar-refractivity contribution in [2.24, 2.45) is 0 Å². The molecule has 4 rings (SSSR count). The van der Waals surface area contributed by atoms with E-state index in [4.69, 9.17) is 4.74 Å². The Morgan fingerprint density at radius 1 is 1.18 bits per heavy atom. The maximum Gasteiger partial charge on any atom is 0.202 e. The second kappa shape index (κ2) is 7.77. The summed E-state index contributed by atoms with van der Waals surface area (Å²) in [4.78, 5) is 14.0. The fourth-order valence-electron chi connectivity index (χ4n) is 3.11. The molecule has 3 aromatic heterocycles. The van der Waals surface area contributed by atoms with Gasteiger partial charge in [0.05, 0.1) is 12.2 Å². The molecule has 4 aromatic rings. The van der Waals surface area contributed by atoms with Crippen LogP contribution in [-0.4, -0.2) is 37.2 Å². The van der Waals surface area contributed by atoms with E-state index in [-0.39, 0.29) is 12.4 Å². The lowest BCUT2D eigenvalue weighted by molar-refractivity contribution is 0.0920. The molecule has 0 radical (unpaired) electrons. The molecule has 0 aliphatic heterocycles. The van der Waals surface area contributed by atoms with E-state index in [0.717, 1.165) is 23.6 Å². The van der Waals surface area contributed by atoms with Gasteiger partial charge in [-0.1, -0.05) is 12.1 Å². The maximum absolute atomic E-state index is 12.7. The van der Waals surface area contributed by atoms with E-state index in [9.17, 15) is 4.79 Å². The number of hydrogen-bond acceptors (Lipinski definition) is 6. The number of ether oxygens (including phenoxy) is 1. The van der Waals surface area contributed by atoms with Gasteiger partial charge in [-0.05, 0) is 53.9 Å². The predicted molar refractivity (Wildman–Crippen MR) is 106 cm³/mol. The fraction of sp³-hybridized carbons (Fsp3) is 0.200. The number of Topliss-reactive ketones (excluding diaryl/α,β-unsaturated/α-hetero) is 1. The van der Waals surface area contributed by atoms with Crippen molar-refractivity contribution in [3.05, 3.63) is 76.0 Å². The zero-order chi connectivity index (χ0) is 19.5. The van der Waals surface area contributed by atoms with Crippen molar-refractivity contribution in [1.82, 2.24) is 24.8 Å². The Balaban J connectivity index is 1.47. The van der Waals surface area contributed by atoms with Crippen LogP contribution in [0.4, 0.5) is 0 Å². The maximum atomic E-state index is 12.7. The number of aromatic nitrogens is 5. The molecule has 0 bridgehead atoms. The predicted octanol–water partition coefficient (Wildman–Crippen LogP) is 3.45. The first-order chi connectivity index (χ1) is 13.6. The Hall–Kier alpha value is -3.26. The average Bonchev–Trinajstić information content (AvgIpc) is 3.45. The molecule has 0 fully saturated rings. The van der Waals surface area contributed by atoms with Gasteiger partial charge in [0.15, 0.2) is 6.61 Å². The smallest absolute Gasteiger partial charge is 0.202 e. The summed E-state index contributed by atoms with van der Waals surface area (Å²) in [7, 11) is 0. The van der Waals surface area contributed by atoms with Gasteiger partial charge in [-0.3, -0.25) is 4.79 Å². The number of carbonyl (C=O) groups excluding carboxylic acids is 1. The molecule has 0 unspecified atom stereocenters. The van der Waals surface area contributed by atoms with E-state index in [2.05, 4.69) is 31.5 Å². The van der Waals surface area contributed by atoms with Crippen molar-refractivity contribution in [2.75, 3.05) is 6.61 Å². The minimum Gasteiger partial charge on any atom is -0.485 e. The minimum absolute atomic E-state index is 0.0254. The molecule has 8 heteroatoms. The summed E-state index contributed by atoms with van der Waals surface area (Å²) in [5.74, 6) is 0.548. The van der Waals surface area contributed by atoms with Crippen molar-refractivity contribution in [3.63, 3.8) is 0 Å². The highest BCUT2D eigenvalue weighted by atomic mass is 32.1. The third kappa shape index (κ3) is 3.72. The normalized spacial score (nSPS) is 10.9. The van der Waals surface area contributed by atoms with Crippen molar-refractivity contribution >= 4 is 17.1 Å². The lowest BCUT2D eigenvalue weighted by atomic mass is 10.1. The van der Waals surface area contributed by atoms with Gasteiger partial charge in [0, 0.05) is 27.9 Å². The number of ketones is 1. The van der Waals surface area contributed by atoms with Crippen LogP contribution in [0.3, 0.4) is 0 Å². The van der Waals surface area contributed by atoms with Crippen LogP contribution in [-0.2, 0) is 6.54 Å². The molecular formula is C20H19N5O2S. The van der Waals surface area contributed by atoms with Crippen LogP contribution >= 0.6 is 11.3 Å². The van der Waals surface area contributed by atoms with Gasteiger partial charge < -0.3 is 9.30 Å². The molecule has 3 heterocycles. The molecule has 1 aromatic carbocycles. The topological polar surface area (TPSA) is 74.8 Å². The molecule has 0 atom stereocenters. The first kappa shape index (κ1) is 18.1. The van der Waals surface area contributed by atoms with Gasteiger partial charge in [0.1, 0.15) is 12.1 Å². The van der Waals surface area contributed by atoms with E-state index in [1.165, 1.54) is 15.9 Å². The summed E-state index contributed by atoms with van der Waals surface area (Å²) < 4.78 is 9.43. The number of carbonyl (C=O) groups is 1. The SMILES string of the molecule is Cc1cc(C(=O)COc2cccc(-n3cnnn3)c2)c(C)n1Cc1cccs1. The summed E-state index contributed by atoms with van der Waals surface area (Å²) in [5, 5.41) is 13.2. The summed E-state index contributed by atoms with van der Waals surface area (Å²) in [6, 6.07) is 13.4. The molecule has 0 saturated heterocycles. The van der Waals surface area contributed by atoms with Crippen molar-refractivity contribution in [3.8, 4) is 11.4 Å². The number of rotatable bonds is 7. The Morgan fingerprint density at radius 2 is 2.07 bits per heavy atom. The van der Waals surface area contributed by atoms with E-state index in [1.807, 2.05) is 38.1 Å². The number of thiophene rings is 1. The molecule has 142 valence electrons. The van der Waals surface area contributed by atoms with Gasteiger partial charge >= 0.3 is 0 Å². The second-order valence-electron chi connectivity index (χ2n) is 6.41. The van der Waals surface area contributed by atoms with Gasteiger partial charge in [0.25, 0.3) is 0 Å². The monoisotopic (exact) mass is 393 g/mol. The number of hydrogen-bond donors (Lipinski definition) is 0. The van der Waals surface area contributed by atoms with Gasteiger partial charge in [-0.25, -0.2) is 4.68 Å². The van der Waals surface area contributed by atoms with E-state index in [0.29, 0.717) is 11.3 Å². The van der Waals surface area contributed by atoms with Gasteiger partial charge in [-0.2, -0.15) is 0 Å². The highest BCUT2D eigenvalue weighted by molar-refractivity contribution is 7.09. The standard InChI is InChI=1S/C20H19N5O2S/c1-14-9-19(15(2)24(14)11-18-7-4-8-28-18)20(26)12-27-17-6-3-5-16(10-17)25-13-21-22-23-25/h3-10,13H,11-12H2,1-2H3. The molecule has 0 aliphatic carbocycles. The van der Waals surface area contributed by atoms with Crippen LogP contribution in [0.2, 0.25) is 0 Å². The molecule has 0 saturated carbocycles. The third-order valence-electron chi connectivity index (χ3n) is 4.57. The summed E-state index contributed by atoms with van der Waals surface area (Å²) >= 11 is 1.71. The van der Waals surface area contributed by atoms with Crippen LogP contribution in [0.1, 0.15) is 26.6 Å². The quantitative estimate of drug-likeness (QED) is 0.450. The second-order valence-corrected chi connectivity index (χ2v) is 7.45. The Labute approximate surface area is 166 Å². The zero-order valence-electron chi connectivity index (χ0n) is 15.6. The molecule has 28 heavy (non-hydrogen) atoms. The van der Waals surface area contributed by atoms with Crippen molar-refractivity contribution in [1.29, 1.82) is 0 Å². The lowest BCUT2D eigenvalue weighted by Gasteiger charge is -2.09. The average molecular weight is 393 g/mol. The van der Waals surface area contributed by atoms with Crippen LogP contribution in [0.25, 0.3) is 5.69 Å². The molecule has 0 amide bonds. The van der Waals surface area contributed by atoms with E-state index < -0.39 is 0 Å². The first-order valence-corrected chi connectivity index (χ1v) is 9.68. The number of nitrogens with zero attached hydrogens (tertiary/aromatic N) is 5. The molecule has 0 N–H and O–H groups in total. The molecule has 7 nitrogen and oxygen atoms in total. The summed E-state index contributed by atoms with van der Waals surface area (Å²) in [5.41, 5.74) is 3.49. The Kier molecular flexibility index (Phi) is 5.03. The van der Waals surface area contributed by atoms with Crippen molar-refractivity contribution in [2.45, 2.75) is 20.4 Å². The summed E-state index contributed by atoms with van der Waals surface area (Å²) in [6.45, 7) is 4.75. The largest absolute Gasteiger partial charge is 0.485 e. The number of tetrazole rings is 1. The molecule has 0 spiro atoms. The molecule has 0 aliphatic rings. The van der Waals surface area contributed by atoms with Crippen molar-refractivity contribution < 1.29 is 9.53 Å². The van der Waals surface area contributed by atoms with Gasteiger partial charge in [0.2, 0.25) is 5.78 Å². The van der Waals surface area contributed by atoms with Gasteiger partial charge in [-0.15, -0.1) is 16.4 Å². The highest BCUT2D eigenvalue weighted by Gasteiger charge is 2.17. The highest BCUT2D eigenvalue weighted by Crippen LogP contribution is 2.21. The van der Waals surface area contributed by atoms with E-state index >= 15 is 0 Å². The van der Waals surface area contributed by atoms with Crippen LogP contribution < -0.4 is 4.74 Å². The van der Waals surface area contributed by atoms with Crippen LogP contribution in [0.15, 0.2) is 54.2 Å². The Bertz CT molecular complexity index is 1080. The van der Waals surface area contributed by atoms with Crippen LogP contribution in [0.5, 0.6) is 5.75 Å². The fourth-order valence-corrected chi connectivity index (χ4v) is 3.80. The zero-order valence-corrected chi connectivity index (χ0v) is 16.4. The van der Waals surface area contributed by atoms with Crippen LogP contribution in [0, 0.1) is 13.8 Å².